The summed E-state index contributed by atoms with van der Waals surface area (Å²) in [5.74, 6) is 0.933. The summed E-state index contributed by atoms with van der Waals surface area (Å²) in [7, 11) is 0. The second kappa shape index (κ2) is 6.79. The van der Waals surface area contributed by atoms with Crippen molar-refractivity contribution < 1.29 is 18.7 Å². The van der Waals surface area contributed by atoms with Gasteiger partial charge < -0.3 is 19.7 Å². The minimum atomic E-state index is -0.414. The monoisotopic (exact) mass is 424 g/mol. The lowest BCUT2D eigenvalue weighted by atomic mass is 10.1. The summed E-state index contributed by atoms with van der Waals surface area (Å²) >= 11 is 0. The van der Waals surface area contributed by atoms with Crippen molar-refractivity contribution in [3.8, 4) is 11.6 Å². The first-order valence-electron chi connectivity index (χ1n) is 10.4. The molecule has 0 radical (unpaired) electrons. The van der Waals surface area contributed by atoms with Gasteiger partial charge in [-0.05, 0) is 25.8 Å². The number of nitrogens with one attached hydrogen (secondary N) is 1. The molecule has 160 valence electrons. The maximum Gasteiger partial charge on any atom is 0.256 e. The molecule has 1 N–H and O–H groups in total. The Balaban J connectivity index is 1.53. The van der Waals surface area contributed by atoms with E-state index >= 15 is 0 Å². The zero-order valence-electron chi connectivity index (χ0n) is 16.9. The largest absolute Gasteiger partial charge is 0.486 e. The van der Waals surface area contributed by atoms with E-state index in [4.69, 9.17) is 14.5 Å². The van der Waals surface area contributed by atoms with Crippen molar-refractivity contribution >= 4 is 17.4 Å². The molecule has 0 unspecified atom stereocenters. The molecule has 4 bridgehead atoms. The summed E-state index contributed by atoms with van der Waals surface area (Å²) in [5, 5.41) is 7.37. The highest BCUT2D eigenvalue weighted by atomic mass is 19.1. The van der Waals surface area contributed by atoms with E-state index in [9.17, 15) is 9.18 Å². The Morgan fingerprint density at radius 2 is 2.19 bits per heavy atom. The molecule has 1 fully saturated rings. The number of hydrogen-bond donors (Lipinski definition) is 1. The second-order valence-electron chi connectivity index (χ2n) is 8.38. The van der Waals surface area contributed by atoms with Gasteiger partial charge in [-0.2, -0.15) is 5.10 Å². The third kappa shape index (κ3) is 3.05. The van der Waals surface area contributed by atoms with Gasteiger partial charge in [0.2, 0.25) is 5.88 Å². The van der Waals surface area contributed by atoms with Gasteiger partial charge in [-0.1, -0.05) is 0 Å². The molecule has 0 spiro atoms. The van der Waals surface area contributed by atoms with E-state index in [1.54, 1.807) is 10.7 Å². The summed E-state index contributed by atoms with van der Waals surface area (Å²) in [6.45, 7) is 2.81. The number of amides is 1. The summed E-state index contributed by atoms with van der Waals surface area (Å²) < 4.78 is 27.7. The van der Waals surface area contributed by atoms with Crippen molar-refractivity contribution in [3.05, 3.63) is 41.6 Å². The number of anilines is 1. The highest BCUT2D eigenvalue weighted by Crippen LogP contribution is 2.36. The number of halogens is 1. The number of ether oxygens (including phenoxy) is 2. The molecule has 0 saturated heterocycles. The lowest BCUT2D eigenvalue weighted by molar-refractivity contribution is 0.0936. The normalized spacial score (nSPS) is 24.9. The second-order valence-corrected chi connectivity index (χ2v) is 8.38. The van der Waals surface area contributed by atoms with Gasteiger partial charge in [0.1, 0.15) is 24.1 Å². The van der Waals surface area contributed by atoms with E-state index in [1.165, 1.54) is 18.5 Å². The third-order valence-corrected chi connectivity index (χ3v) is 6.20. The fourth-order valence-electron chi connectivity index (χ4n) is 4.56. The predicted octanol–water partition coefficient (Wildman–Crippen LogP) is 2.09. The van der Waals surface area contributed by atoms with Gasteiger partial charge in [-0.25, -0.2) is 18.9 Å². The SMILES string of the molecule is C[C@@H]1COc2cn3ncc4c3nc2N1Cc1cc(F)cnc1O[C@H]1CC[C@H](C1)NC4=O. The van der Waals surface area contributed by atoms with Crippen LogP contribution in [0.5, 0.6) is 11.6 Å². The third-order valence-electron chi connectivity index (χ3n) is 6.20. The minimum Gasteiger partial charge on any atom is -0.486 e. The van der Waals surface area contributed by atoms with Crippen molar-refractivity contribution in [3.63, 3.8) is 0 Å². The highest BCUT2D eigenvalue weighted by molar-refractivity contribution is 6.00. The lowest BCUT2D eigenvalue weighted by Gasteiger charge is -2.36. The molecule has 5 heterocycles. The van der Waals surface area contributed by atoms with E-state index in [1.807, 2.05) is 11.8 Å². The Morgan fingerprint density at radius 1 is 1.29 bits per heavy atom. The molecule has 1 saturated carbocycles. The number of nitrogens with zero attached hydrogens (tertiary/aromatic N) is 5. The van der Waals surface area contributed by atoms with Crippen molar-refractivity contribution in [2.75, 3.05) is 11.5 Å². The van der Waals surface area contributed by atoms with E-state index in [2.05, 4.69) is 15.4 Å². The first kappa shape index (κ1) is 18.3. The van der Waals surface area contributed by atoms with Gasteiger partial charge in [0.15, 0.2) is 17.2 Å². The maximum atomic E-state index is 14.1. The number of carbonyl (C=O) groups is 1. The van der Waals surface area contributed by atoms with Crippen LogP contribution in [0.15, 0.2) is 24.7 Å². The Hall–Kier alpha value is -3.43. The number of hydrogen-bond acceptors (Lipinski definition) is 7. The zero-order valence-corrected chi connectivity index (χ0v) is 16.9. The standard InChI is InChI=1S/C21H21FN6O3/c1-11-10-30-17-9-28-18-16(7-24-28)20(29)25-14-2-3-15(5-14)31-21-12(4-13(22)6-23-21)8-27(11)19(17)26-18/h4,6-7,9,11,14-15H,2-3,5,8,10H2,1H3,(H,25,29)/t11-,14-,15+/m1/s1. The minimum absolute atomic E-state index is 0.0169. The molecule has 2 aliphatic heterocycles. The molecular weight excluding hydrogens is 403 g/mol. The first-order valence-corrected chi connectivity index (χ1v) is 10.4. The Kier molecular flexibility index (Phi) is 4.02. The van der Waals surface area contributed by atoms with Crippen LogP contribution in [-0.2, 0) is 6.54 Å². The average Bonchev–Trinajstić information content (AvgIpc) is 3.36. The van der Waals surface area contributed by atoms with Crippen molar-refractivity contribution in [1.29, 1.82) is 0 Å². The Labute approximate surface area is 177 Å². The molecule has 3 atom stereocenters. The zero-order chi connectivity index (χ0) is 21.1. The number of fused-ring (bicyclic) bond motifs is 3. The van der Waals surface area contributed by atoms with E-state index < -0.39 is 5.82 Å². The van der Waals surface area contributed by atoms with Gasteiger partial charge in [0.05, 0.1) is 31.2 Å². The molecule has 0 aromatic carbocycles. The number of aromatic nitrogens is 4. The molecule has 1 aliphatic carbocycles. The number of rotatable bonds is 0. The van der Waals surface area contributed by atoms with Gasteiger partial charge >= 0.3 is 0 Å². The predicted molar refractivity (Wildman–Crippen MR) is 108 cm³/mol. The van der Waals surface area contributed by atoms with Crippen LogP contribution < -0.4 is 19.7 Å². The summed E-state index contributed by atoms with van der Waals surface area (Å²) in [6.07, 6.45) is 6.59. The van der Waals surface area contributed by atoms with Gasteiger partial charge in [0, 0.05) is 18.0 Å². The molecule has 3 aliphatic rings. The quantitative estimate of drug-likeness (QED) is 0.591. The van der Waals surface area contributed by atoms with E-state index in [0.717, 1.165) is 12.8 Å². The Bertz CT molecular complexity index is 1200. The van der Waals surface area contributed by atoms with Gasteiger partial charge in [-0.3, -0.25) is 4.79 Å². The van der Waals surface area contributed by atoms with E-state index in [0.29, 0.717) is 53.8 Å². The van der Waals surface area contributed by atoms with Gasteiger partial charge in [-0.15, -0.1) is 0 Å². The fraction of sp³-hybridized carbons (Fsp3) is 0.429. The molecule has 10 heteroatoms. The van der Waals surface area contributed by atoms with Crippen LogP contribution in [0.3, 0.4) is 0 Å². The first-order chi connectivity index (χ1) is 15.0. The maximum absolute atomic E-state index is 14.1. The molecule has 6 rings (SSSR count). The summed E-state index contributed by atoms with van der Waals surface area (Å²) in [4.78, 5) is 24.0. The van der Waals surface area contributed by atoms with Crippen LogP contribution in [0, 0.1) is 5.82 Å². The van der Waals surface area contributed by atoms with Crippen LogP contribution in [0.1, 0.15) is 42.1 Å². The highest BCUT2D eigenvalue weighted by Gasteiger charge is 2.33. The van der Waals surface area contributed by atoms with Crippen molar-refractivity contribution in [2.24, 2.45) is 0 Å². The lowest BCUT2D eigenvalue weighted by Crippen LogP contribution is -2.41. The molecule has 1 amide bonds. The number of pyridine rings is 1. The average molecular weight is 424 g/mol. The molecule has 31 heavy (non-hydrogen) atoms. The molecule has 3 aromatic heterocycles. The molecule has 9 nitrogen and oxygen atoms in total. The molecular formula is C21H21FN6O3. The fourth-order valence-corrected chi connectivity index (χ4v) is 4.56. The van der Waals surface area contributed by atoms with Crippen LogP contribution >= 0.6 is 0 Å². The van der Waals surface area contributed by atoms with Crippen molar-refractivity contribution in [2.45, 2.75) is 50.9 Å². The van der Waals surface area contributed by atoms with Gasteiger partial charge in [0.25, 0.3) is 5.91 Å². The van der Waals surface area contributed by atoms with Crippen molar-refractivity contribution in [1.82, 2.24) is 24.9 Å². The number of carbonyl (C=O) groups excluding carboxylic acids is 1. The van der Waals surface area contributed by atoms with Crippen LogP contribution in [0.4, 0.5) is 10.2 Å². The Morgan fingerprint density at radius 3 is 3.10 bits per heavy atom. The smallest absolute Gasteiger partial charge is 0.256 e. The molecule has 3 aromatic rings. The topological polar surface area (TPSA) is 93.9 Å². The van der Waals surface area contributed by atoms with Crippen LogP contribution in [0.2, 0.25) is 0 Å². The van der Waals surface area contributed by atoms with E-state index in [-0.39, 0.29) is 24.1 Å². The summed E-state index contributed by atoms with van der Waals surface area (Å²) in [5.41, 5.74) is 1.52. The van der Waals surface area contributed by atoms with Crippen LogP contribution in [-0.4, -0.2) is 50.3 Å². The van der Waals surface area contributed by atoms with Crippen LogP contribution in [0.25, 0.3) is 5.65 Å². The summed E-state index contributed by atoms with van der Waals surface area (Å²) in [6, 6.07) is 1.42.